The van der Waals surface area contributed by atoms with Crippen molar-refractivity contribution in [3.63, 3.8) is 0 Å². The summed E-state index contributed by atoms with van der Waals surface area (Å²) in [7, 11) is 0. The number of benzene rings is 1. The maximum atomic E-state index is 12.9. The van der Waals surface area contributed by atoms with Crippen molar-refractivity contribution in [3.8, 4) is 0 Å². The SMILES string of the molecule is CC[C@H](C)OC(=O)[C@@H]1[C@@H]2C=C[C@@H]([C@@H]3C[C@H]23)[C@@H]1C(=O)OCC(=O)c1ccccc1. The summed E-state index contributed by atoms with van der Waals surface area (Å²) in [5, 5.41) is 0. The molecule has 4 aliphatic rings. The molecule has 1 aromatic rings. The molecule has 0 radical (unpaired) electrons. The van der Waals surface area contributed by atoms with E-state index < -0.39 is 17.8 Å². The highest BCUT2D eigenvalue weighted by Crippen LogP contribution is 2.63. The van der Waals surface area contributed by atoms with E-state index >= 15 is 0 Å². The van der Waals surface area contributed by atoms with Crippen molar-refractivity contribution >= 4 is 17.7 Å². The topological polar surface area (TPSA) is 69.7 Å². The Bertz CT molecular complexity index is 798. The van der Waals surface area contributed by atoms with Gasteiger partial charge in [-0.2, -0.15) is 0 Å². The average molecular weight is 382 g/mol. The molecule has 2 bridgehead atoms. The second-order valence-corrected chi connectivity index (χ2v) is 8.21. The molecular formula is C23H26O5. The third-order valence-electron chi connectivity index (χ3n) is 6.53. The zero-order chi connectivity index (χ0) is 19.8. The van der Waals surface area contributed by atoms with Crippen LogP contribution in [0.5, 0.6) is 0 Å². The minimum atomic E-state index is -0.557. The van der Waals surface area contributed by atoms with Gasteiger partial charge in [-0.15, -0.1) is 0 Å². The van der Waals surface area contributed by atoms with Gasteiger partial charge in [0.25, 0.3) is 0 Å². The maximum absolute atomic E-state index is 12.9. The minimum absolute atomic E-state index is 0.00353. The molecule has 0 saturated heterocycles. The first-order valence-electron chi connectivity index (χ1n) is 10.1. The molecule has 148 valence electrons. The fourth-order valence-corrected chi connectivity index (χ4v) is 4.82. The summed E-state index contributed by atoms with van der Waals surface area (Å²) < 4.78 is 11.0. The van der Waals surface area contributed by atoms with Crippen LogP contribution in [-0.2, 0) is 19.1 Å². The van der Waals surface area contributed by atoms with Crippen LogP contribution in [-0.4, -0.2) is 30.4 Å². The number of allylic oxidation sites excluding steroid dienone is 2. The number of carbonyl (C=O) groups excluding carboxylic acids is 3. The Kier molecular flexibility index (Phi) is 5.09. The van der Waals surface area contributed by atoms with E-state index in [2.05, 4.69) is 12.2 Å². The highest BCUT2D eigenvalue weighted by Gasteiger charge is 2.63. The van der Waals surface area contributed by atoms with Gasteiger partial charge in [0, 0.05) is 5.56 Å². The normalized spacial score (nSPS) is 32.9. The summed E-state index contributed by atoms with van der Waals surface area (Å²) in [5.41, 5.74) is 0.510. The number of hydrogen-bond donors (Lipinski definition) is 0. The predicted molar refractivity (Wildman–Crippen MR) is 102 cm³/mol. The molecular weight excluding hydrogens is 356 g/mol. The molecule has 0 heterocycles. The van der Waals surface area contributed by atoms with Crippen molar-refractivity contribution in [2.45, 2.75) is 32.8 Å². The van der Waals surface area contributed by atoms with E-state index in [0.717, 1.165) is 12.8 Å². The van der Waals surface area contributed by atoms with E-state index in [1.807, 2.05) is 19.9 Å². The fraction of sp³-hybridized carbons (Fsp3) is 0.522. The van der Waals surface area contributed by atoms with Crippen LogP contribution in [0.25, 0.3) is 0 Å². The lowest BCUT2D eigenvalue weighted by atomic mass is 9.62. The largest absolute Gasteiger partial charge is 0.462 e. The van der Waals surface area contributed by atoms with E-state index in [-0.39, 0.29) is 36.3 Å². The molecule has 28 heavy (non-hydrogen) atoms. The second-order valence-electron chi connectivity index (χ2n) is 8.21. The van der Waals surface area contributed by atoms with Gasteiger partial charge in [-0.05, 0) is 43.4 Å². The molecule has 0 unspecified atom stereocenters. The quantitative estimate of drug-likeness (QED) is 0.410. The lowest BCUT2D eigenvalue weighted by Gasteiger charge is -2.42. The summed E-state index contributed by atoms with van der Waals surface area (Å²) in [6.07, 6.45) is 5.75. The molecule has 2 fully saturated rings. The number of hydrogen-bond acceptors (Lipinski definition) is 5. The van der Waals surface area contributed by atoms with Crippen LogP contribution in [0.4, 0.5) is 0 Å². The number of ketones is 1. The van der Waals surface area contributed by atoms with Crippen LogP contribution in [0.2, 0.25) is 0 Å². The van der Waals surface area contributed by atoms with E-state index in [1.54, 1.807) is 24.3 Å². The van der Waals surface area contributed by atoms with Crippen molar-refractivity contribution in [2.24, 2.45) is 35.5 Å². The van der Waals surface area contributed by atoms with Crippen LogP contribution in [0.3, 0.4) is 0 Å². The lowest BCUT2D eigenvalue weighted by Crippen LogP contribution is -2.48. The Morgan fingerprint density at radius 2 is 1.61 bits per heavy atom. The Balaban J connectivity index is 1.47. The standard InChI is InChI=1S/C23H26O5/c1-3-13(2)28-23(26)21-16-10-9-15(17-11-18(16)17)20(21)22(25)27-12-19(24)14-7-5-4-6-8-14/h4-10,13,15-18,20-21H,3,11-12H2,1-2H3/t13-,15-,16+,17-,18+,20-,21+/m0/s1. The number of fused-ring (bicyclic) bond motifs is 1. The second kappa shape index (κ2) is 7.53. The number of esters is 2. The van der Waals surface area contributed by atoms with Crippen LogP contribution in [0.1, 0.15) is 37.0 Å². The summed E-state index contributed by atoms with van der Waals surface area (Å²) >= 11 is 0. The van der Waals surface area contributed by atoms with Gasteiger partial charge >= 0.3 is 11.9 Å². The van der Waals surface area contributed by atoms with Gasteiger partial charge < -0.3 is 9.47 Å². The van der Waals surface area contributed by atoms with Gasteiger partial charge in [0.15, 0.2) is 12.4 Å². The third-order valence-corrected chi connectivity index (χ3v) is 6.53. The molecule has 5 heteroatoms. The molecule has 0 N–H and O–H groups in total. The van der Waals surface area contributed by atoms with Gasteiger partial charge in [0.05, 0.1) is 17.9 Å². The Morgan fingerprint density at radius 1 is 1.00 bits per heavy atom. The smallest absolute Gasteiger partial charge is 0.310 e. The van der Waals surface area contributed by atoms with Crippen LogP contribution in [0, 0.1) is 35.5 Å². The van der Waals surface area contributed by atoms with Crippen molar-refractivity contribution < 1.29 is 23.9 Å². The molecule has 0 amide bonds. The zero-order valence-electron chi connectivity index (χ0n) is 16.2. The average Bonchev–Trinajstić information content (AvgIpc) is 3.54. The Morgan fingerprint density at radius 3 is 2.21 bits per heavy atom. The fourth-order valence-electron chi connectivity index (χ4n) is 4.82. The monoisotopic (exact) mass is 382 g/mol. The highest BCUT2D eigenvalue weighted by atomic mass is 16.5. The molecule has 1 aromatic carbocycles. The first-order valence-corrected chi connectivity index (χ1v) is 10.1. The summed E-state index contributed by atoms with van der Waals surface area (Å²) in [6, 6.07) is 8.76. The van der Waals surface area contributed by atoms with Crippen LogP contribution < -0.4 is 0 Å². The lowest BCUT2D eigenvalue weighted by molar-refractivity contribution is -0.170. The van der Waals surface area contributed by atoms with Gasteiger partial charge in [-0.3, -0.25) is 14.4 Å². The molecule has 4 aliphatic carbocycles. The van der Waals surface area contributed by atoms with Gasteiger partial charge in [-0.25, -0.2) is 0 Å². The van der Waals surface area contributed by atoms with Gasteiger partial charge in [0.2, 0.25) is 0 Å². The Labute approximate surface area is 165 Å². The highest BCUT2D eigenvalue weighted by molar-refractivity contribution is 5.98. The van der Waals surface area contributed by atoms with E-state index in [0.29, 0.717) is 17.4 Å². The number of carbonyl (C=O) groups is 3. The molecule has 5 rings (SSSR count). The van der Waals surface area contributed by atoms with Crippen molar-refractivity contribution in [2.75, 3.05) is 6.61 Å². The molecule has 0 spiro atoms. The van der Waals surface area contributed by atoms with E-state index in [9.17, 15) is 14.4 Å². The van der Waals surface area contributed by atoms with Crippen molar-refractivity contribution in [3.05, 3.63) is 48.0 Å². The van der Waals surface area contributed by atoms with Crippen LogP contribution >= 0.6 is 0 Å². The molecule has 5 nitrogen and oxygen atoms in total. The van der Waals surface area contributed by atoms with E-state index in [1.165, 1.54) is 0 Å². The predicted octanol–water partition coefficient (Wildman–Crippen LogP) is 3.44. The summed E-state index contributed by atoms with van der Waals surface area (Å²) in [4.78, 5) is 38.1. The Hall–Kier alpha value is -2.43. The number of rotatable bonds is 7. The van der Waals surface area contributed by atoms with Crippen molar-refractivity contribution in [1.29, 1.82) is 0 Å². The molecule has 2 saturated carbocycles. The number of ether oxygens (including phenoxy) is 2. The molecule has 0 aliphatic heterocycles. The summed E-state index contributed by atoms with van der Waals surface area (Å²) in [6.45, 7) is 3.52. The van der Waals surface area contributed by atoms with E-state index in [4.69, 9.17) is 9.47 Å². The zero-order valence-corrected chi connectivity index (χ0v) is 16.2. The summed E-state index contributed by atoms with van der Waals surface area (Å²) in [5.74, 6) is -1.11. The molecule has 7 atom stereocenters. The van der Waals surface area contributed by atoms with Gasteiger partial charge in [-0.1, -0.05) is 49.4 Å². The molecule has 0 aromatic heterocycles. The number of Topliss-reactive ketones (excluding diaryl/α,β-unsaturated/α-hetero) is 1. The van der Waals surface area contributed by atoms with Crippen molar-refractivity contribution in [1.82, 2.24) is 0 Å². The first-order chi connectivity index (χ1) is 13.5. The maximum Gasteiger partial charge on any atom is 0.310 e. The first kappa shape index (κ1) is 18.9. The third kappa shape index (κ3) is 3.38. The van der Waals surface area contributed by atoms with Gasteiger partial charge in [0.1, 0.15) is 0 Å². The van der Waals surface area contributed by atoms with Crippen LogP contribution in [0.15, 0.2) is 42.5 Å². The minimum Gasteiger partial charge on any atom is -0.462 e.